The zero-order valence-corrected chi connectivity index (χ0v) is 14.3. The number of hydrogen-bond acceptors (Lipinski definition) is 2. The molecule has 0 unspecified atom stereocenters. The number of benzene rings is 1. The Hall–Kier alpha value is -0.820. The summed E-state index contributed by atoms with van der Waals surface area (Å²) < 4.78 is 0. The molecule has 0 radical (unpaired) electrons. The largest absolute Gasteiger partial charge is 0.370 e. The summed E-state index contributed by atoms with van der Waals surface area (Å²) in [4.78, 5) is 6.64. The molecule has 0 aliphatic heterocycles. The van der Waals surface area contributed by atoms with Crippen LogP contribution in [-0.2, 0) is 0 Å². The molecular formula is C14H25IN4. The van der Waals surface area contributed by atoms with E-state index in [4.69, 9.17) is 5.73 Å². The van der Waals surface area contributed by atoms with E-state index in [-0.39, 0.29) is 24.0 Å². The van der Waals surface area contributed by atoms with E-state index in [1.54, 1.807) is 0 Å². The molecule has 0 saturated heterocycles. The molecule has 0 heterocycles. The van der Waals surface area contributed by atoms with Gasteiger partial charge in [0.2, 0.25) is 0 Å². The predicted octanol–water partition coefficient (Wildman–Crippen LogP) is 2.68. The molecule has 108 valence electrons. The molecule has 19 heavy (non-hydrogen) atoms. The van der Waals surface area contributed by atoms with Crippen molar-refractivity contribution in [3.8, 4) is 0 Å². The van der Waals surface area contributed by atoms with Crippen molar-refractivity contribution in [3.63, 3.8) is 0 Å². The highest BCUT2D eigenvalue weighted by molar-refractivity contribution is 14.0. The molecule has 0 fully saturated rings. The zero-order valence-electron chi connectivity index (χ0n) is 12.0. The summed E-state index contributed by atoms with van der Waals surface area (Å²) in [6.07, 6.45) is 0. The number of aryl methyl sites for hydroxylation is 1. The van der Waals surface area contributed by atoms with Crippen molar-refractivity contribution in [3.05, 3.63) is 29.8 Å². The standard InChI is InChI=1S/C14H24N4.HI/c1-4-18(5-2)11-10-16-14(15)17-13-8-6-12(3)7-9-13;/h6-9H,4-5,10-11H2,1-3H3,(H3,15,16,17);1H. The summed E-state index contributed by atoms with van der Waals surface area (Å²) in [5, 5.41) is 3.09. The number of nitrogens with zero attached hydrogens (tertiary/aromatic N) is 2. The Morgan fingerprint density at radius 2 is 1.79 bits per heavy atom. The van der Waals surface area contributed by atoms with E-state index in [1.165, 1.54) is 5.56 Å². The summed E-state index contributed by atoms with van der Waals surface area (Å²) in [6.45, 7) is 10.2. The average Bonchev–Trinajstić information content (AvgIpc) is 2.37. The summed E-state index contributed by atoms with van der Waals surface area (Å²) in [6, 6.07) is 8.10. The fourth-order valence-electron chi connectivity index (χ4n) is 1.68. The van der Waals surface area contributed by atoms with Crippen molar-refractivity contribution in [2.75, 3.05) is 31.5 Å². The summed E-state index contributed by atoms with van der Waals surface area (Å²) >= 11 is 0. The van der Waals surface area contributed by atoms with Crippen molar-refractivity contribution in [2.24, 2.45) is 10.7 Å². The van der Waals surface area contributed by atoms with Gasteiger partial charge in [0.05, 0.1) is 6.54 Å². The minimum Gasteiger partial charge on any atom is -0.370 e. The topological polar surface area (TPSA) is 53.6 Å². The zero-order chi connectivity index (χ0) is 13.4. The van der Waals surface area contributed by atoms with Crippen LogP contribution in [0.1, 0.15) is 19.4 Å². The Morgan fingerprint density at radius 1 is 1.21 bits per heavy atom. The molecule has 0 aliphatic rings. The molecule has 0 atom stereocenters. The Bertz CT molecular complexity index is 372. The van der Waals surface area contributed by atoms with Gasteiger partial charge in [0.15, 0.2) is 5.96 Å². The number of hydrogen-bond donors (Lipinski definition) is 2. The number of rotatable bonds is 6. The van der Waals surface area contributed by atoms with Crippen LogP contribution in [0.15, 0.2) is 29.3 Å². The minimum absolute atomic E-state index is 0. The molecule has 3 N–H and O–H groups in total. The molecule has 4 nitrogen and oxygen atoms in total. The molecule has 1 aromatic rings. The maximum Gasteiger partial charge on any atom is 0.193 e. The van der Waals surface area contributed by atoms with Crippen molar-refractivity contribution in [1.29, 1.82) is 0 Å². The van der Waals surface area contributed by atoms with Gasteiger partial charge in [0, 0.05) is 12.2 Å². The summed E-state index contributed by atoms with van der Waals surface area (Å²) in [5.74, 6) is 0.478. The van der Waals surface area contributed by atoms with E-state index in [2.05, 4.69) is 36.0 Å². The Labute approximate surface area is 133 Å². The first-order chi connectivity index (χ1) is 8.65. The van der Waals surface area contributed by atoms with Crippen molar-refractivity contribution >= 4 is 35.6 Å². The number of halogens is 1. The first-order valence-corrected chi connectivity index (χ1v) is 6.51. The van der Waals surface area contributed by atoms with Gasteiger partial charge in [-0.2, -0.15) is 0 Å². The van der Waals surface area contributed by atoms with Gasteiger partial charge in [0.25, 0.3) is 0 Å². The van der Waals surface area contributed by atoms with Crippen LogP contribution < -0.4 is 11.1 Å². The van der Waals surface area contributed by atoms with Crippen molar-refractivity contribution < 1.29 is 0 Å². The SMILES string of the molecule is CCN(CC)CCN=C(N)Nc1ccc(C)cc1.I. The summed E-state index contributed by atoms with van der Waals surface area (Å²) in [7, 11) is 0. The number of anilines is 1. The second-order valence-corrected chi connectivity index (χ2v) is 4.28. The highest BCUT2D eigenvalue weighted by Crippen LogP contribution is 2.07. The third-order valence-electron chi connectivity index (χ3n) is 2.92. The van der Waals surface area contributed by atoms with Gasteiger partial charge in [-0.15, -0.1) is 24.0 Å². The van der Waals surface area contributed by atoms with Crippen molar-refractivity contribution in [1.82, 2.24) is 4.90 Å². The van der Waals surface area contributed by atoms with Crippen LogP contribution in [0.4, 0.5) is 5.69 Å². The molecule has 0 aliphatic carbocycles. The second kappa shape index (κ2) is 10.0. The van der Waals surface area contributed by atoms with E-state index in [0.717, 1.165) is 31.9 Å². The normalized spacial score (nSPS) is 11.3. The fourth-order valence-corrected chi connectivity index (χ4v) is 1.68. The van der Waals surface area contributed by atoms with Crippen LogP contribution in [0, 0.1) is 6.92 Å². The van der Waals surface area contributed by atoms with Crippen LogP contribution in [0.25, 0.3) is 0 Å². The minimum atomic E-state index is 0. The lowest BCUT2D eigenvalue weighted by Gasteiger charge is -2.16. The Kier molecular flexibility index (Phi) is 9.59. The number of nitrogens with two attached hydrogens (primary N) is 1. The van der Waals surface area contributed by atoms with E-state index in [1.807, 2.05) is 24.3 Å². The highest BCUT2D eigenvalue weighted by Gasteiger charge is 1.98. The van der Waals surface area contributed by atoms with Crippen LogP contribution in [0.5, 0.6) is 0 Å². The van der Waals surface area contributed by atoms with E-state index >= 15 is 0 Å². The van der Waals surface area contributed by atoms with Gasteiger partial charge >= 0.3 is 0 Å². The van der Waals surface area contributed by atoms with Gasteiger partial charge < -0.3 is 16.0 Å². The Balaban J connectivity index is 0.00000324. The van der Waals surface area contributed by atoms with E-state index in [9.17, 15) is 0 Å². The monoisotopic (exact) mass is 376 g/mol. The number of aliphatic imine (C=N–C) groups is 1. The van der Waals surface area contributed by atoms with Crippen LogP contribution in [0.3, 0.4) is 0 Å². The molecule has 0 saturated carbocycles. The van der Waals surface area contributed by atoms with Gasteiger partial charge in [-0.1, -0.05) is 31.5 Å². The molecule has 1 rings (SSSR count). The van der Waals surface area contributed by atoms with Crippen LogP contribution >= 0.6 is 24.0 Å². The highest BCUT2D eigenvalue weighted by atomic mass is 127. The van der Waals surface area contributed by atoms with Gasteiger partial charge in [-0.05, 0) is 32.1 Å². The fraction of sp³-hybridized carbons (Fsp3) is 0.500. The lowest BCUT2D eigenvalue weighted by Crippen LogP contribution is -2.28. The number of guanidine groups is 1. The predicted molar refractivity (Wildman–Crippen MR) is 94.5 cm³/mol. The molecular weight excluding hydrogens is 351 g/mol. The third kappa shape index (κ3) is 7.37. The maximum atomic E-state index is 5.83. The number of likely N-dealkylation sites (N-methyl/N-ethyl adjacent to an activating group) is 1. The van der Waals surface area contributed by atoms with Crippen LogP contribution in [0.2, 0.25) is 0 Å². The quantitative estimate of drug-likeness (QED) is 0.456. The smallest absolute Gasteiger partial charge is 0.193 e. The van der Waals surface area contributed by atoms with Crippen molar-refractivity contribution in [2.45, 2.75) is 20.8 Å². The second-order valence-electron chi connectivity index (χ2n) is 4.28. The maximum absolute atomic E-state index is 5.83. The van der Waals surface area contributed by atoms with Crippen LogP contribution in [-0.4, -0.2) is 37.0 Å². The first kappa shape index (κ1) is 18.2. The Morgan fingerprint density at radius 3 is 2.32 bits per heavy atom. The third-order valence-corrected chi connectivity index (χ3v) is 2.92. The summed E-state index contributed by atoms with van der Waals surface area (Å²) in [5.41, 5.74) is 8.04. The lowest BCUT2D eigenvalue weighted by molar-refractivity contribution is 0.313. The molecule has 0 amide bonds. The average molecular weight is 376 g/mol. The molecule has 5 heteroatoms. The lowest BCUT2D eigenvalue weighted by atomic mass is 10.2. The number of nitrogens with one attached hydrogen (secondary N) is 1. The molecule has 0 spiro atoms. The molecule has 0 bridgehead atoms. The van der Waals surface area contributed by atoms with Gasteiger partial charge in [-0.25, -0.2) is 0 Å². The van der Waals surface area contributed by atoms with E-state index < -0.39 is 0 Å². The van der Waals surface area contributed by atoms with E-state index in [0.29, 0.717) is 5.96 Å². The molecule has 1 aromatic carbocycles. The first-order valence-electron chi connectivity index (χ1n) is 6.51. The van der Waals surface area contributed by atoms with Gasteiger partial charge in [-0.3, -0.25) is 4.99 Å². The molecule has 0 aromatic heterocycles. The van der Waals surface area contributed by atoms with Gasteiger partial charge in [0.1, 0.15) is 0 Å².